The van der Waals surface area contributed by atoms with Crippen molar-refractivity contribution in [1.82, 2.24) is 4.90 Å². The molecular formula is C8H13NO3S. The van der Waals surface area contributed by atoms with Gasteiger partial charge in [0.15, 0.2) is 0 Å². The fourth-order valence-electron chi connectivity index (χ4n) is 1.29. The van der Waals surface area contributed by atoms with Crippen molar-refractivity contribution in [1.29, 1.82) is 0 Å². The summed E-state index contributed by atoms with van der Waals surface area (Å²) in [5.41, 5.74) is 0. The van der Waals surface area contributed by atoms with Gasteiger partial charge in [-0.3, -0.25) is 4.79 Å². The fourth-order valence-corrected chi connectivity index (χ4v) is 2.47. The van der Waals surface area contributed by atoms with E-state index in [9.17, 15) is 9.59 Å². The molecule has 0 aromatic carbocycles. The van der Waals surface area contributed by atoms with Gasteiger partial charge >= 0.3 is 11.9 Å². The second-order valence-corrected chi connectivity index (χ2v) is 4.37. The van der Waals surface area contributed by atoms with Gasteiger partial charge in [0.1, 0.15) is 0 Å². The number of nitrogens with zero attached hydrogens (tertiary/aromatic N) is 1. The summed E-state index contributed by atoms with van der Waals surface area (Å²) in [6.07, 6.45) is 0.980. The zero-order valence-corrected chi connectivity index (χ0v) is 8.34. The van der Waals surface area contributed by atoms with Crippen molar-refractivity contribution < 1.29 is 14.7 Å². The molecule has 0 bridgehead atoms. The molecule has 1 heterocycles. The summed E-state index contributed by atoms with van der Waals surface area (Å²) >= 11 is 1.81. The maximum Gasteiger partial charge on any atom is 0.394 e. The predicted octanol–water partition coefficient (Wildman–Crippen LogP) is 0.425. The SMILES string of the molecule is CCC1CN(C(=O)C(=O)O)CCS1. The number of amides is 1. The molecule has 0 saturated carbocycles. The molecule has 1 aliphatic heterocycles. The number of hydrogen-bond donors (Lipinski definition) is 1. The summed E-state index contributed by atoms with van der Waals surface area (Å²) in [7, 11) is 0. The van der Waals surface area contributed by atoms with Crippen LogP contribution in [0.15, 0.2) is 0 Å². The molecule has 1 saturated heterocycles. The highest BCUT2D eigenvalue weighted by Gasteiger charge is 2.26. The van der Waals surface area contributed by atoms with Gasteiger partial charge in [-0.1, -0.05) is 6.92 Å². The molecule has 1 N–H and O–H groups in total. The Hall–Kier alpha value is -0.710. The van der Waals surface area contributed by atoms with E-state index in [4.69, 9.17) is 5.11 Å². The number of carbonyl (C=O) groups excluding carboxylic acids is 1. The quantitative estimate of drug-likeness (QED) is 0.628. The highest BCUT2D eigenvalue weighted by Crippen LogP contribution is 2.20. The lowest BCUT2D eigenvalue weighted by atomic mass is 10.3. The largest absolute Gasteiger partial charge is 0.474 e. The van der Waals surface area contributed by atoms with Crippen LogP contribution in [0.25, 0.3) is 0 Å². The monoisotopic (exact) mass is 203 g/mol. The summed E-state index contributed by atoms with van der Waals surface area (Å²) in [5.74, 6) is -1.27. The average molecular weight is 203 g/mol. The van der Waals surface area contributed by atoms with Crippen LogP contribution in [0.4, 0.5) is 0 Å². The minimum atomic E-state index is -1.35. The van der Waals surface area contributed by atoms with Gasteiger partial charge in [0, 0.05) is 24.1 Å². The molecular weight excluding hydrogens is 190 g/mol. The lowest BCUT2D eigenvalue weighted by Gasteiger charge is -2.30. The zero-order chi connectivity index (χ0) is 9.84. The second-order valence-electron chi connectivity index (χ2n) is 2.96. The van der Waals surface area contributed by atoms with Crippen molar-refractivity contribution in [3.63, 3.8) is 0 Å². The van der Waals surface area contributed by atoms with E-state index in [1.807, 2.05) is 18.7 Å². The summed E-state index contributed by atoms with van der Waals surface area (Å²) in [6, 6.07) is 0. The number of carboxylic acid groups (broad SMARTS) is 1. The number of carbonyl (C=O) groups is 2. The third-order valence-corrected chi connectivity index (χ3v) is 3.44. The van der Waals surface area contributed by atoms with Crippen molar-refractivity contribution >= 4 is 23.6 Å². The number of rotatable bonds is 1. The van der Waals surface area contributed by atoms with E-state index in [-0.39, 0.29) is 0 Å². The number of hydrogen-bond acceptors (Lipinski definition) is 3. The molecule has 1 rings (SSSR count). The Morgan fingerprint density at radius 1 is 1.62 bits per heavy atom. The number of thioether (sulfide) groups is 1. The average Bonchev–Trinajstić information content (AvgIpc) is 2.16. The highest BCUT2D eigenvalue weighted by molar-refractivity contribution is 8.00. The first kappa shape index (κ1) is 10.4. The van der Waals surface area contributed by atoms with Crippen LogP contribution in [0, 0.1) is 0 Å². The van der Waals surface area contributed by atoms with Gasteiger partial charge in [-0.05, 0) is 6.42 Å². The minimum absolute atomic E-state index is 0.400. The van der Waals surface area contributed by atoms with Crippen LogP contribution in [0.3, 0.4) is 0 Å². The van der Waals surface area contributed by atoms with Crippen LogP contribution < -0.4 is 0 Å². The number of aliphatic carboxylic acids is 1. The Balaban J connectivity index is 2.51. The normalized spacial score (nSPS) is 22.8. The summed E-state index contributed by atoms with van der Waals surface area (Å²) in [5, 5.41) is 8.90. The zero-order valence-electron chi connectivity index (χ0n) is 7.52. The van der Waals surface area contributed by atoms with E-state index in [2.05, 4.69) is 0 Å². The lowest BCUT2D eigenvalue weighted by Crippen LogP contribution is -2.44. The van der Waals surface area contributed by atoms with Crippen LogP contribution in [-0.4, -0.2) is 46.0 Å². The van der Waals surface area contributed by atoms with Gasteiger partial charge in [-0.2, -0.15) is 11.8 Å². The van der Waals surface area contributed by atoms with Crippen LogP contribution in [0.5, 0.6) is 0 Å². The molecule has 1 fully saturated rings. The maximum absolute atomic E-state index is 11.1. The third kappa shape index (κ3) is 2.62. The molecule has 4 nitrogen and oxygen atoms in total. The molecule has 0 aromatic heterocycles. The van der Waals surface area contributed by atoms with Gasteiger partial charge in [-0.25, -0.2) is 4.79 Å². The highest BCUT2D eigenvalue weighted by atomic mass is 32.2. The summed E-state index contributed by atoms with van der Waals surface area (Å²) in [6.45, 7) is 3.19. The van der Waals surface area contributed by atoms with E-state index in [0.29, 0.717) is 18.3 Å². The molecule has 74 valence electrons. The third-order valence-electron chi connectivity index (χ3n) is 2.06. The van der Waals surface area contributed by atoms with E-state index in [1.54, 1.807) is 0 Å². The van der Waals surface area contributed by atoms with Crippen LogP contribution >= 0.6 is 11.8 Å². The van der Waals surface area contributed by atoms with Crippen LogP contribution in [-0.2, 0) is 9.59 Å². The van der Waals surface area contributed by atoms with Crippen molar-refractivity contribution in [3.05, 3.63) is 0 Å². The Labute approximate surface area is 81.3 Å². The summed E-state index contributed by atoms with van der Waals surface area (Å²) in [4.78, 5) is 22.9. The molecule has 5 heteroatoms. The second kappa shape index (κ2) is 4.50. The van der Waals surface area contributed by atoms with E-state index in [0.717, 1.165) is 12.2 Å². The standard InChI is InChI=1S/C8H13NO3S/c1-2-6-5-9(3-4-13-6)7(10)8(11)12/h6H,2-5H2,1H3,(H,11,12). The van der Waals surface area contributed by atoms with Crippen molar-refractivity contribution in [2.75, 3.05) is 18.8 Å². The van der Waals surface area contributed by atoms with Gasteiger partial charge < -0.3 is 10.0 Å². The smallest absolute Gasteiger partial charge is 0.394 e. The molecule has 1 unspecified atom stereocenters. The van der Waals surface area contributed by atoms with Crippen molar-refractivity contribution in [2.24, 2.45) is 0 Å². The van der Waals surface area contributed by atoms with Gasteiger partial charge in [0.2, 0.25) is 0 Å². The van der Waals surface area contributed by atoms with Crippen molar-refractivity contribution in [2.45, 2.75) is 18.6 Å². The molecule has 13 heavy (non-hydrogen) atoms. The molecule has 1 aliphatic rings. The first-order valence-electron chi connectivity index (χ1n) is 4.29. The van der Waals surface area contributed by atoms with Crippen molar-refractivity contribution in [3.8, 4) is 0 Å². The van der Waals surface area contributed by atoms with Gasteiger partial charge in [0.25, 0.3) is 0 Å². The molecule has 1 amide bonds. The topological polar surface area (TPSA) is 57.6 Å². The Morgan fingerprint density at radius 3 is 2.85 bits per heavy atom. The fraction of sp³-hybridized carbons (Fsp3) is 0.750. The van der Waals surface area contributed by atoms with Gasteiger partial charge in [0.05, 0.1) is 0 Å². The minimum Gasteiger partial charge on any atom is -0.474 e. The van der Waals surface area contributed by atoms with Gasteiger partial charge in [-0.15, -0.1) is 0 Å². The predicted molar refractivity (Wildman–Crippen MR) is 50.8 cm³/mol. The Morgan fingerprint density at radius 2 is 2.31 bits per heavy atom. The lowest BCUT2D eigenvalue weighted by molar-refractivity contribution is -0.155. The van der Waals surface area contributed by atoms with Crippen LogP contribution in [0.1, 0.15) is 13.3 Å². The molecule has 0 aliphatic carbocycles. The molecule has 0 spiro atoms. The molecule has 1 atom stereocenters. The first-order valence-corrected chi connectivity index (χ1v) is 5.33. The van der Waals surface area contributed by atoms with E-state index < -0.39 is 11.9 Å². The first-order chi connectivity index (χ1) is 6.15. The Bertz CT molecular complexity index is 219. The maximum atomic E-state index is 11.1. The molecule has 0 aromatic rings. The summed E-state index contributed by atoms with van der Waals surface area (Å²) < 4.78 is 0. The molecule has 0 radical (unpaired) electrons. The van der Waals surface area contributed by atoms with E-state index >= 15 is 0 Å². The Kier molecular flexibility index (Phi) is 3.59. The number of carboxylic acids is 1. The van der Waals surface area contributed by atoms with E-state index in [1.165, 1.54) is 4.90 Å². The van der Waals surface area contributed by atoms with Crippen LogP contribution in [0.2, 0.25) is 0 Å².